The van der Waals surface area contributed by atoms with Crippen molar-refractivity contribution in [3.05, 3.63) is 23.2 Å². The van der Waals surface area contributed by atoms with Gasteiger partial charge in [-0.25, -0.2) is 8.42 Å². The smallest absolute Gasteiger partial charge is 0.239 e. The van der Waals surface area contributed by atoms with Gasteiger partial charge in [0, 0.05) is 5.02 Å². The van der Waals surface area contributed by atoms with E-state index in [9.17, 15) is 13.2 Å². The Morgan fingerprint density at radius 2 is 1.95 bits per heavy atom. The first kappa shape index (κ1) is 16.8. The molecule has 1 atom stereocenters. The summed E-state index contributed by atoms with van der Waals surface area (Å²) in [5, 5.41) is 2.36. The summed E-state index contributed by atoms with van der Waals surface area (Å²) in [5.74, 6) is -1.21. The van der Waals surface area contributed by atoms with Gasteiger partial charge in [0.25, 0.3) is 0 Å². The Morgan fingerprint density at radius 3 is 2.45 bits per heavy atom. The van der Waals surface area contributed by atoms with Gasteiger partial charge in [0.1, 0.15) is 5.75 Å². The molecule has 1 unspecified atom stereocenters. The molecule has 5 nitrogen and oxygen atoms in total. The van der Waals surface area contributed by atoms with E-state index in [4.69, 9.17) is 17.3 Å². The topological polar surface area (TPSA) is 89.3 Å². The van der Waals surface area contributed by atoms with Crippen LogP contribution in [0.25, 0.3) is 0 Å². The number of sulfone groups is 1. The molecule has 0 saturated heterocycles. The number of benzene rings is 1. The summed E-state index contributed by atoms with van der Waals surface area (Å²) in [5.41, 5.74) is 6.34. The van der Waals surface area contributed by atoms with Gasteiger partial charge in [-0.2, -0.15) is 0 Å². The first-order chi connectivity index (χ1) is 9.13. The van der Waals surface area contributed by atoms with Crippen LogP contribution in [0.5, 0.6) is 0 Å². The quantitative estimate of drug-likeness (QED) is 0.815. The summed E-state index contributed by atoms with van der Waals surface area (Å²) in [7, 11) is -3.48. The number of nitrogen functional groups attached to an aromatic ring is 1. The zero-order valence-electron chi connectivity index (χ0n) is 11.7. The second kappa shape index (κ2) is 6.45. The minimum absolute atomic E-state index is 0.0478. The van der Waals surface area contributed by atoms with E-state index in [1.54, 1.807) is 26.8 Å². The van der Waals surface area contributed by atoms with Gasteiger partial charge in [-0.1, -0.05) is 25.4 Å². The van der Waals surface area contributed by atoms with Crippen LogP contribution in [0.2, 0.25) is 5.02 Å². The van der Waals surface area contributed by atoms with Crippen LogP contribution in [-0.2, 0) is 14.6 Å². The Morgan fingerprint density at radius 1 is 1.35 bits per heavy atom. The molecule has 0 aromatic heterocycles. The number of hydrogen-bond acceptors (Lipinski definition) is 4. The molecular weight excluding hydrogens is 300 g/mol. The molecule has 0 heterocycles. The predicted molar refractivity (Wildman–Crippen MR) is 82.6 cm³/mol. The fourth-order valence-electron chi connectivity index (χ4n) is 1.56. The van der Waals surface area contributed by atoms with Crippen LogP contribution in [0.1, 0.15) is 20.8 Å². The molecule has 0 bridgehead atoms. The SMILES string of the molecule is CC(C)C(C)S(=O)(=O)CC(=O)Nc1ccc(Cl)cc1N. The molecule has 3 N–H and O–H groups in total. The number of amides is 1. The van der Waals surface area contributed by atoms with E-state index in [0.29, 0.717) is 16.4 Å². The third-order valence-corrected chi connectivity index (χ3v) is 5.70. The largest absolute Gasteiger partial charge is 0.397 e. The Hall–Kier alpha value is -1.27. The lowest BCUT2D eigenvalue weighted by Gasteiger charge is -2.16. The van der Waals surface area contributed by atoms with Crippen molar-refractivity contribution in [2.45, 2.75) is 26.0 Å². The number of carbonyl (C=O) groups is 1. The predicted octanol–water partition coefficient (Wildman–Crippen LogP) is 2.32. The van der Waals surface area contributed by atoms with Gasteiger partial charge in [0.2, 0.25) is 5.91 Å². The van der Waals surface area contributed by atoms with Gasteiger partial charge in [0.05, 0.1) is 16.6 Å². The van der Waals surface area contributed by atoms with E-state index in [0.717, 1.165) is 0 Å². The number of halogens is 1. The summed E-state index contributed by atoms with van der Waals surface area (Å²) in [6, 6.07) is 4.59. The van der Waals surface area contributed by atoms with Gasteiger partial charge in [-0.05, 0) is 31.0 Å². The fourth-order valence-corrected chi connectivity index (χ4v) is 3.27. The van der Waals surface area contributed by atoms with E-state index >= 15 is 0 Å². The lowest BCUT2D eigenvalue weighted by atomic mass is 10.2. The first-order valence-electron chi connectivity index (χ1n) is 6.20. The van der Waals surface area contributed by atoms with Crippen LogP contribution < -0.4 is 11.1 Å². The van der Waals surface area contributed by atoms with Gasteiger partial charge in [-0.3, -0.25) is 4.79 Å². The third kappa shape index (κ3) is 4.38. The number of rotatable bonds is 5. The van der Waals surface area contributed by atoms with Gasteiger partial charge in [0.15, 0.2) is 9.84 Å². The highest BCUT2D eigenvalue weighted by atomic mass is 35.5. The molecule has 0 saturated carbocycles. The van der Waals surface area contributed by atoms with Gasteiger partial charge >= 0.3 is 0 Å². The fraction of sp³-hybridized carbons (Fsp3) is 0.462. The average Bonchev–Trinajstić information content (AvgIpc) is 2.31. The molecule has 0 spiro atoms. The summed E-state index contributed by atoms with van der Waals surface area (Å²) in [6.07, 6.45) is 0. The molecular formula is C13H19ClN2O3S. The Kier molecular flexibility index (Phi) is 5.42. The molecule has 1 aromatic carbocycles. The van der Waals surface area contributed by atoms with E-state index in [1.807, 2.05) is 0 Å². The minimum Gasteiger partial charge on any atom is -0.397 e. The molecule has 1 rings (SSSR count). The highest BCUT2D eigenvalue weighted by Gasteiger charge is 2.26. The molecule has 112 valence electrons. The van der Waals surface area contributed by atoms with Crippen molar-refractivity contribution in [3.8, 4) is 0 Å². The van der Waals surface area contributed by atoms with Crippen molar-refractivity contribution >= 4 is 38.7 Å². The van der Waals surface area contributed by atoms with Gasteiger partial charge in [-0.15, -0.1) is 0 Å². The molecule has 20 heavy (non-hydrogen) atoms. The summed E-state index contributed by atoms with van der Waals surface area (Å²) >= 11 is 5.75. The minimum atomic E-state index is -3.48. The molecule has 7 heteroatoms. The monoisotopic (exact) mass is 318 g/mol. The van der Waals surface area contributed by atoms with Crippen molar-refractivity contribution in [3.63, 3.8) is 0 Å². The number of hydrogen-bond donors (Lipinski definition) is 2. The molecule has 0 aliphatic carbocycles. The average molecular weight is 319 g/mol. The van der Waals surface area contributed by atoms with E-state index < -0.39 is 26.7 Å². The highest BCUT2D eigenvalue weighted by molar-refractivity contribution is 7.92. The van der Waals surface area contributed by atoms with Crippen LogP contribution in [0.4, 0.5) is 11.4 Å². The van der Waals surface area contributed by atoms with Crippen LogP contribution in [0.15, 0.2) is 18.2 Å². The summed E-state index contributed by atoms with van der Waals surface area (Å²) in [4.78, 5) is 11.8. The Balaban J connectivity index is 2.78. The number of nitrogens with two attached hydrogens (primary N) is 1. The van der Waals surface area contributed by atoms with E-state index in [-0.39, 0.29) is 5.92 Å². The molecule has 1 amide bonds. The van der Waals surface area contributed by atoms with Crippen molar-refractivity contribution in [1.82, 2.24) is 0 Å². The van der Waals surface area contributed by atoms with Crippen molar-refractivity contribution < 1.29 is 13.2 Å². The Bertz CT molecular complexity index is 600. The zero-order valence-corrected chi connectivity index (χ0v) is 13.3. The molecule has 1 aromatic rings. The first-order valence-corrected chi connectivity index (χ1v) is 8.29. The van der Waals surface area contributed by atoms with E-state index in [1.165, 1.54) is 12.1 Å². The maximum Gasteiger partial charge on any atom is 0.239 e. The second-order valence-electron chi connectivity index (χ2n) is 5.04. The van der Waals surface area contributed by atoms with Crippen molar-refractivity contribution in [2.75, 3.05) is 16.8 Å². The van der Waals surface area contributed by atoms with Crippen molar-refractivity contribution in [1.29, 1.82) is 0 Å². The molecule has 0 aliphatic heterocycles. The van der Waals surface area contributed by atoms with Crippen molar-refractivity contribution in [2.24, 2.45) is 5.92 Å². The van der Waals surface area contributed by atoms with Crippen LogP contribution in [-0.4, -0.2) is 25.3 Å². The number of carbonyl (C=O) groups excluding carboxylic acids is 1. The maximum atomic E-state index is 12.0. The summed E-state index contributed by atoms with van der Waals surface area (Å²) < 4.78 is 24.0. The number of anilines is 2. The standard InChI is InChI=1S/C13H19ClN2O3S/c1-8(2)9(3)20(18,19)7-13(17)16-12-5-4-10(14)6-11(12)15/h4-6,8-9H,7,15H2,1-3H3,(H,16,17). The number of nitrogens with one attached hydrogen (secondary N) is 1. The molecule has 0 fully saturated rings. The zero-order chi connectivity index (χ0) is 15.5. The van der Waals surface area contributed by atoms with E-state index in [2.05, 4.69) is 5.32 Å². The normalized spacial score (nSPS) is 13.2. The molecule has 0 radical (unpaired) electrons. The second-order valence-corrected chi connectivity index (χ2v) is 7.83. The Labute approximate surface area is 124 Å². The lowest BCUT2D eigenvalue weighted by molar-refractivity contribution is -0.113. The maximum absolute atomic E-state index is 12.0. The van der Waals surface area contributed by atoms with Gasteiger partial charge < -0.3 is 11.1 Å². The highest BCUT2D eigenvalue weighted by Crippen LogP contribution is 2.22. The third-order valence-electron chi connectivity index (χ3n) is 3.13. The summed E-state index contributed by atoms with van der Waals surface area (Å²) in [6.45, 7) is 5.21. The van der Waals surface area contributed by atoms with Crippen LogP contribution >= 0.6 is 11.6 Å². The van der Waals surface area contributed by atoms with Crippen LogP contribution in [0.3, 0.4) is 0 Å². The molecule has 0 aliphatic rings. The lowest BCUT2D eigenvalue weighted by Crippen LogP contribution is -2.32. The van der Waals surface area contributed by atoms with Crippen LogP contribution in [0, 0.1) is 5.92 Å².